The van der Waals surface area contributed by atoms with E-state index >= 15 is 0 Å². The number of hydrogen-bond acceptors (Lipinski definition) is 2. The van der Waals surface area contributed by atoms with Crippen molar-refractivity contribution >= 4 is 15.9 Å². The van der Waals surface area contributed by atoms with Crippen LogP contribution in [0.1, 0.15) is 17.6 Å². The molecule has 0 saturated carbocycles. The van der Waals surface area contributed by atoms with E-state index < -0.39 is 12.2 Å². The zero-order chi connectivity index (χ0) is 9.14. The molecule has 0 aliphatic carbocycles. The van der Waals surface area contributed by atoms with Crippen molar-refractivity contribution in [2.75, 3.05) is 0 Å². The summed E-state index contributed by atoms with van der Waals surface area (Å²) >= 11 is 3.03. The monoisotopic (exact) mass is 237 g/mol. The van der Waals surface area contributed by atoms with Gasteiger partial charge in [-0.2, -0.15) is 0 Å². The Labute approximate surface area is 76.4 Å². The van der Waals surface area contributed by atoms with E-state index in [4.69, 9.17) is 5.11 Å². The normalized spacial score (nSPS) is 10.7. The summed E-state index contributed by atoms with van der Waals surface area (Å²) in [5, 5.41) is 9.29. The van der Waals surface area contributed by atoms with Crippen molar-refractivity contribution in [3.63, 3.8) is 0 Å². The molecule has 0 unspecified atom stereocenters. The minimum atomic E-state index is -2.67. The fourth-order valence-electron chi connectivity index (χ4n) is 0.860. The highest BCUT2D eigenvalue weighted by atomic mass is 79.9. The first-order valence-corrected chi connectivity index (χ1v) is 4.28. The number of aromatic nitrogens is 1. The molecular weight excluding hydrogens is 232 g/mol. The summed E-state index contributed by atoms with van der Waals surface area (Å²) in [6.07, 6.45) is -0.357. The van der Waals surface area contributed by atoms with Crippen LogP contribution in [0.5, 0.6) is 5.75 Å². The number of rotatable bonds is 2. The van der Waals surface area contributed by atoms with Crippen molar-refractivity contribution in [2.45, 2.75) is 11.8 Å². The minimum Gasteiger partial charge on any atom is -0.506 e. The van der Waals surface area contributed by atoms with Crippen molar-refractivity contribution in [1.82, 2.24) is 4.98 Å². The lowest BCUT2D eigenvalue weighted by molar-refractivity contribution is 0.146. The predicted octanol–water partition coefficient (Wildman–Crippen LogP) is 2.62. The van der Waals surface area contributed by atoms with Crippen LogP contribution < -0.4 is 0 Å². The highest BCUT2D eigenvalue weighted by Gasteiger charge is 2.16. The summed E-state index contributed by atoms with van der Waals surface area (Å²) in [5.41, 5.74) is -0.0353. The summed E-state index contributed by atoms with van der Waals surface area (Å²) in [6.45, 7) is 0. The third-order valence-electron chi connectivity index (χ3n) is 1.41. The summed E-state index contributed by atoms with van der Waals surface area (Å²) < 4.78 is 24.5. The maximum absolute atomic E-state index is 12.3. The number of halogens is 3. The van der Waals surface area contributed by atoms with Gasteiger partial charge in [-0.05, 0) is 5.56 Å². The Kier molecular flexibility index (Phi) is 2.97. The first-order valence-electron chi connectivity index (χ1n) is 3.16. The molecule has 1 heterocycles. The van der Waals surface area contributed by atoms with E-state index in [0.717, 1.165) is 6.20 Å². The number of hydrogen-bond donors (Lipinski definition) is 1. The Bertz CT molecular complexity index is 280. The number of alkyl halides is 3. The lowest BCUT2D eigenvalue weighted by Gasteiger charge is -2.06. The maximum Gasteiger partial charge on any atom is 0.267 e. The molecule has 0 aliphatic rings. The molecule has 0 amide bonds. The van der Waals surface area contributed by atoms with E-state index in [1.54, 1.807) is 0 Å². The first-order chi connectivity index (χ1) is 5.66. The van der Waals surface area contributed by atoms with Crippen LogP contribution in [0.4, 0.5) is 8.78 Å². The Hall–Kier alpha value is -0.710. The van der Waals surface area contributed by atoms with Crippen LogP contribution in [0, 0.1) is 0 Å². The van der Waals surface area contributed by atoms with Gasteiger partial charge in [0.1, 0.15) is 5.75 Å². The van der Waals surface area contributed by atoms with Gasteiger partial charge in [0, 0.05) is 11.5 Å². The lowest BCUT2D eigenvalue weighted by Crippen LogP contribution is -1.93. The zero-order valence-corrected chi connectivity index (χ0v) is 7.55. The van der Waals surface area contributed by atoms with Crippen LogP contribution in [0.2, 0.25) is 0 Å². The molecule has 0 saturated heterocycles. The van der Waals surface area contributed by atoms with Crippen LogP contribution >= 0.6 is 15.9 Å². The molecule has 2 nitrogen and oxygen atoms in total. The third kappa shape index (κ3) is 1.72. The van der Waals surface area contributed by atoms with Gasteiger partial charge in [0.25, 0.3) is 6.43 Å². The average Bonchev–Trinajstić information content (AvgIpc) is 2.03. The minimum absolute atomic E-state index is 0.258. The first kappa shape index (κ1) is 9.38. The van der Waals surface area contributed by atoms with E-state index in [0.29, 0.717) is 5.56 Å². The second-order valence-corrected chi connectivity index (χ2v) is 2.73. The van der Waals surface area contributed by atoms with Crippen molar-refractivity contribution < 1.29 is 13.9 Å². The number of nitrogens with zero attached hydrogens (tertiary/aromatic N) is 1. The van der Waals surface area contributed by atoms with E-state index in [2.05, 4.69) is 20.9 Å². The molecule has 0 spiro atoms. The molecule has 5 heteroatoms. The van der Waals surface area contributed by atoms with Gasteiger partial charge in [-0.25, -0.2) is 8.78 Å². The largest absolute Gasteiger partial charge is 0.506 e. The molecule has 0 bridgehead atoms. The quantitative estimate of drug-likeness (QED) is 0.803. The van der Waals surface area contributed by atoms with Crippen molar-refractivity contribution in [3.8, 4) is 5.75 Å². The van der Waals surface area contributed by atoms with Crippen LogP contribution in [0.15, 0.2) is 12.4 Å². The summed E-state index contributed by atoms with van der Waals surface area (Å²) in [6, 6.07) is 0. The SMILES string of the molecule is Oc1cncc(CBr)c1C(F)F. The summed E-state index contributed by atoms with van der Waals surface area (Å²) in [4.78, 5) is 3.58. The molecule has 0 aromatic carbocycles. The van der Waals surface area contributed by atoms with Gasteiger partial charge in [0.15, 0.2) is 0 Å². The fourth-order valence-corrected chi connectivity index (χ4v) is 1.31. The molecule has 1 aromatic rings. The lowest BCUT2D eigenvalue weighted by atomic mass is 10.1. The standard InChI is InChI=1S/C7H6BrF2NO/c8-1-4-2-11-3-5(12)6(4)7(9)10/h2-3,7,12H,1H2. The second kappa shape index (κ2) is 3.80. The van der Waals surface area contributed by atoms with E-state index in [1.165, 1.54) is 6.20 Å². The van der Waals surface area contributed by atoms with Gasteiger partial charge in [0.05, 0.1) is 11.8 Å². The van der Waals surface area contributed by atoms with Crippen molar-refractivity contribution in [1.29, 1.82) is 0 Å². The van der Waals surface area contributed by atoms with Gasteiger partial charge in [0.2, 0.25) is 0 Å². The second-order valence-electron chi connectivity index (χ2n) is 2.17. The van der Waals surface area contributed by atoms with Crippen LogP contribution in [-0.4, -0.2) is 10.1 Å². The Morgan fingerprint density at radius 3 is 2.58 bits per heavy atom. The molecule has 1 aromatic heterocycles. The van der Waals surface area contributed by atoms with Gasteiger partial charge in [-0.15, -0.1) is 0 Å². The molecule has 1 rings (SSSR count). The Morgan fingerprint density at radius 2 is 2.17 bits per heavy atom. The topological polar surface area (TPSA) is 33.1 Å². The van der Waals surface area contributed by atoms with Crippen LogP contribution in [0.3, 0.4) is 0 Å². The van der Waals surface area contributed by atoms with Gasteiger partial charge in [-0.1, -0.05) is 15.9 Å². The third-order valence-corrected chi connectivity index (χ3v) is 2.02. The Balaban J connectivity index is 3.20. The van der Waals surface area contributed by atoms with E-state index in [1.807, 2.05) is 0 Å². The average molecular weight is 238 g/mol. The molecule has 66 valence electrons. The van der Waals surface area contributed by atoms with Crippen molar-refractivity contribution in [3.05, 3.63) is 23.5 Å². The fraction of sp³-hybridized carbons (Fsp3) is 0.286. The van der Waals surface area contributed by atoms with Crippen LogP contribution in [-0.2, 0) is 5.33 Å². The van der Waals surface area contributed by atoms with Gasteiger partial charge >= 0.3 is 0 Å². The van der Waals surface area contributed by atoms with Crippen molar-refractivity contribution in [2.24, 2.45) is 0 Å². The smallest absolute Gasteiger partial charge is 0.267 e. The van der Waals surface area contributed by atoms with E-state index in [-0.39, 0.29) is 10.9 Å². The zero-order valence-electron chi connectivity index (χ0n) is 5.97. The van der Waals surface area contributed by atoms with Crippen LogP contribution in [0.25, 0.3) is 0 Å². The number of aromatic hydroxyl groups is 1. The molecule has 0 fully saturated rings. The predicted molar refractivity (Wildman–Crippen MR) is 43.5 cm³/mol. The molecule has 0 aliphatic heterocycles. The highest BCUT2D eigenvalue weighted by Crippen LogP contribution is 2.31. The summed E-state index contributed by atoms with van der Waals surface area (Å²) in [5.74, 6) is -0.457. The maximum atomic E-state index is 12.3. The summed E-state index contributed by atoms with van der Waals surface area (Å²) in [7, 11) is 0. The van der Waals surface area contributed by atoms with Gasteiger partial charge < -0.3 is 5.11 Å². The molecule has 0 radical (unpaired) electrons. The molecule has 0 atom stereocenters. The van der Waals surface area contributed by atoms with E-state index in [9.17, 15) is 8.78 Å². The highest BCUT2D eigenvalue weighted by molar-refractivity contribution is 9.08. The number of pyridine rings is 1. The molecule has 12 heavy (non-hydrogen) atoms. The Morgan fingerprint density at radius 1 is 1.50 bits per heavy atom. The molecular formula is C7H6BrF2NO. The molecule has 1 N–H and O–H groups in total. The van der Waals surface area contributed by atoms with Gasteiger partial charge in [-0.3, -0.25) is 4.98 Å².